The van der Waals surface area contributed by atoms with Gasteiger partial charge in [0.2, 0.25) is 0 Å². The van der Waals surface area contributed by atoms with E-state index in [1.807, 2.05) is 0 Å². The number of nitrogens with zero attached hydrogens (tertiary/aromatic N) is 1. The Kier molecular flexibility index (Phi) is 6.45. The highest BCUT2D eigenvalue weighted by atomic mass is 16.5. The van der Waals surface area contributed by atoms with Crippen LogP contribution in [0.4, 0.5) is 0 Å². The molecule has 0 aliphatic carbocycles. The van der Waals surface area contributed by atoms with E-state index in [2.05, 4.69) is 25.7 Å². The van der Waals surface area contributed by atoms with Gasteiger partial charge in [-0.05, 0) is 20.3 Å². The first-order valence-corrected chi connectivity index (χ1v) is 7.17. The summed E-state index contributed by atoms with van der Waals surface area (Å²) in [6, 6.07) is 0.551. The third kappa shape index (κ3) is 5.36. The molecule has 1 rings (SSSR count). The number of unbranched alkanes of at least 4 members (excludes halogenated alkanes) is 3. The summed E-state index contributed by atoms with van der Waals surface area (Å²) >= 11 is 0. The van der Waals surface area contributed by atoms with Crippen molar-refractivity contribution in [3.05, 3.63) is 0 Å². The molecular weight excluding hydrogens is 212 g/mol. The number of hydrogen-bond donors (Lipinski definition) is 1. The fourth-order valence-corrected chi connectivity index (χ4v) is 2.62. The Morgan fingerprint density at radius 3 is 2.65 bits per heavy atom. The van der Waals surface area contributed by atoms with Crippen LogP contribution in [0.15, 0.2) is 0 Å². The van der Waals surface area contributed by atoms with E-state index in [0.717, 1.165) is 26.2 Å². The van der Waals surface area contributed by atoms with Crippen LogP contribution in [-0.2, 0) is 4.74 Å². The van der Waals surface area contributed by atoms with E-state index in [9.17, 15) is 0 Å². The highest BCUT2D eigenvalue weighted by Crippen LogP contribution is 2.20. The van der Waals surface area contributed by atoms with Gasteiger partial charge in [0.1, 0.15) is 0 Å². The molecule has 102 valence electrons. The number of nitrogens with two attached hydrogens (primary N) is 1. The molecule has 2 N–H and O–H groups in total. The van der Waals surface area contributed by atoms with Crippen molar-refractivity contribution in [2.45, 2.75) is 64.5 Å². The van der Waals surface area contributed by atoms with E-state index in [-0.39, 0.29) is 5.60 Å². The minimum absolute atomic E-state index is 0.00487. The molecule has 1 unspecified atom stereocenters. The second kappa shape index (κ2) is 7.34. The van der Waals surface area contributed by atoms with Crippen molar-refractivity contribution in [1.82, 2.24) is 4.90 Å². The fourth-order valence-electron chi connectivity index (χ4n) is 2.62. The lowest BCUT2D eigenvalue weighted by molar-refractivity contribution is -0.0969. The molecule has 3 heteroatoms. The molecule has 17 heavy (non-hydrogen) atoms. The van der Waals surface area contributed by atoms with Gasteiger partial charge in [0, 0.05) is 25.7 Å². The van der Waals surface area contributed by atoms with Crippen molar-refractivity contribution in [2.24, 2.45) is 5.73 Å². The molecule has 0 saturated carbocycles. The topological polar surface area (TPSA) is 38.5 Å². The Bertz CT molecular complexity index is 206. The van der Waals surface area contributed by atoms with Gasteiger partial charge in [0.15, 0.2) is 0 Å². The average Bonchev–Trinajstić information content (AvgIpc) is 2.28. The summed E-state index contributed by atoms with van der Waals surface area (Å²) in [5, 5.41) is 0. The van der Waals surface area contributed by atoms with Gasteiger partial charge < -0.3 is 10.5 Å². The first-order valence-electron chi connectivity index (χ1n) is 7.17. The maximum Gasteiger partial charge on any atom is 0.0753 e. The number of ether oxygens (including phenoxy) is 1. The number of hydrogen-bond acceptors (Lipinski definition) is 3. The zero-order valence-electron chi connectivity index (χ0n) is 11.9. The molecule has 1 atom stereocenters. The van der Waals surface area contributed by atoms with Crippen molar-refractivity contribution in [3.63, 3.8) is 0 Å². The summed E-state index contributed by atoms with van der Waals surface area (Å²) < 4.78 is 5.75. The minimum atomic E-state index is -0.00487. The predicted molar refractivity (Wildman–Crippen MR) is 73.2 cm³/mol. The van der Waals surface area contributed by atoms with Crippen LogP contribution in [-0.4, -0.2) is 42.8 Å². The first kappa shape index (κ1) is 14.9. The summed E-state index contributed by atoms with van der Waals surface area (Å²) in [5.74, 6) is 0. The normalized spacial score (nSPS) is 22.6. The molecule has 1 aliphatic rings. The molecule has 3 nitrogen and oxygen atoms in total. The molecule has 0 aromatic carbocycles. The van der Waals surface area contributed by atoms with Crippen LogP contribution in [0.3, 0.4) is 0 Å². The molecule has 1 saturated heterocycles. The second-order valence-electron chi connectivity index (χ2n) is 5.82. The Balaban J connectivity index is 2.33. The molecular formula is C14H30N2O. The summed E-state index contributed by atoms with van der Waals surface area (Å²) in [6.07, 6.45) is 6.56. The zero-order valence-corrected chi connectivity index (χ0v) is 11.9. The van der Waals surface area contributed by atoms with Crippen LogP contribution >= 0.6 is 0 Å². The molecule has 0 radical (unpaired) electrons. The monoisotopic (exact) mass is 242 g/mol. The van der Waals surface area contributed by atoms with Gasteiger partial charge in [0.05, 0.1) is 12.2 Å². The van der Waals surface area contributed by atoms with Crippen molar-refractivity contribution < 1.29 is 4.74 Å². The molecule has 1 heterocycles. The van der Waals surface area contributed by atoms with E-state index >= 15 is 0 Å². The molecule has 1 aliphatic heterocycles. The third-order valence-electron chi connectivity index (χ3n) is 3.63. The largest absolute Gasteiger partial charge is 0.373 e. The van der Waals surface area contributed by atoms with Crippen LogP contribution in [0.25, 0.3) is 0 Å². The van der Waals surface area contributed by atoms with Gasteiger partial charge in [-0.2, -0.15) is 0 Å². The van der Waals surface area contributed by atoms with Crippen LogP contribution in [0, 0.1) is 0 Å². The standard InChI is InChI=1S/C14H30N2O/c1-4-5-6-7-8-13(11-15)16-9-10-17-14(2,3)12-16/h13H,4-12,15H2,1-3H3. The Hall–Kier alpha value is -0.120. The van der Waals surface area contributed by atoms with Crippen LogP contribution < -0.4 is 5.73 Å². The predicted octanol–water partition coefficient (Wildman–Crippen LogP) is 2.39. The van der Waals surface area contributed by atoms with Gasteiger partial charge in [0.25, 0.3) is 0 Å². The lowest BCUT2D eigenvalue weighted by atomic mass is 10.0. The second-order valence-corrected chi connectivity index (χ2v) is 5.82. The minimum Gasteiger partial charge on any atom is -0.373 e. The van der Waals surface area contributed by atoms with E-state index in [0.29, 0.717) is 6.04 Å². The Morgan fingerprint density at radius 1 is 1.29 bits per heavy atom. The fraction of sp³-hybridized carbons (Fsp3) is 1.00. The van der Waals surface area contributed by atoms with E-state index < -0.39 is 0 Å². The number of rotatable bonds is 7. The Labute approximate surface area is 107 Å². The average molecular weight is 242 g/mol. The maximum atomic E-state index is 5.92. The van der Waals surface area contributed by atoms with E-state index in [1.54, 1.807) is 0 Å². The molecule has 0 aromatic heterocycles. The van der Waals surface area contributed by atoms with Gasteiger partial charge >= 0.3 is 0 Å². The van der Waals surface area contributed by atoms with E-state index in [1.165, 1.54) is 32.1 Å². The lowest BCUT2D eigenvalue weighted by Gasteiger charge is -2.42. The van der Waals surface area contributed by atoms with Gasteiger partial charge in [-0.1, -0.05) is 32.6 Å². The van der Waals surface area contributed by atoms with Gasteiger partial charge in [-0.15, -0.1) is 0 Å². The molecule has 0 aromatic rings. The van der Waals surface area contributed by atoms with Crippen LogP contribution in [0.2, 0.25) is 0 Å². The summed E-state index contributed by atoms with van der Waals surface area (Å²) in [7, 11) is 0. The molecule has 0 amide bonds. The van der Waals surface area contributed by atoms with Crippen molar-refractivity contribution in [3.8, 4) is 0 Å². The van der Waals surface area contributed by atoms with E-state index in [4.69, 9.17) is 10.5 Å². The van der Waals surface area contributed by atoms with Gasteiger partial charge in [-0.25, -0.2) is 0 Å². The summed E-state index contributed by atoms with van der Waals surface area (Å²) in [4.78, 5) is 2.52. The molecule has 1 fully saturated rings. The Morgan fingerprint density at radius 2 is 2.06 bits per heavy atom. The maximum absolute atomic E-state index is 5.92. The SMILES string of the molecule is CCCCCCC(CN)N1CCOC(C)(C)C1. The third-order valence-corrected chi connectivity index (χ3v) is 3.63. The lowest BCUT2D eigenvalue weighted by Crippen LogP contribution is -2.54. The molecule has 0 bridgehead atoms. The quantitative estimate of drug-likeness (QED) is 0.697. The zero-order chi connectivity index (χ0) is 12.7. The first-order chi connectivity index (χ1) is 8.09. The summed E-state index contributed by atoms with van der Waals surface area (Å²) in [5.41, 5.74) is 5.92. The van der Waals surface area contributed by atoms with Gasteiger partial charge in [-0.3, -0.25) is 4.90 Å². The molecule has 0 spiro atoms. The highest BCUT2D eigenvalue weighted by Gasteiger charge is 2.30. The van der Waals surface area contributed by atoms with Crippen molar-refractivity contribution in [2.75, 3.05) is 26.2 Å². The highest BCUT2D eigenvalue weighted by molar-refractivity contribution is 4.84. The number of morpholine rings is 1. The van der Waals surface area contributed by atoms with Crippen LogP contribution in [0.5, 0.6) is 0 Å². The van der Waals surface area contributed by atoms with Crippen molar-refractivity contribution >= 4 is 0 Å². The summed E-state index contributed by atoms with van der Waals surface area (Å²) in [6.45, 7) is 10.3. The smallest absolute Gasteiger partial charge is 0.0753 e. The van der Waals surface area contributed by atoms with Crippen LogP contribution in [0.1, 0.15) is 52.9 Å². The van der Waals surface area contributed by atoms with Crippen molar-refractivity contribution in [1.29, 1.82) is 0 Å².